The van der Waals surface area contributed by atoms with E-state index in [0.29, 0.717) is 47.3 Å². The monoisotopic (exact) mass is 418 g/mol. The summed E-state index contributed by atoms with van der Waals surface area (Å²) in [7, 11) is 0. The highest BCUT2D eigenvalue weighted by Crippen LogP contribution is 2.29. The number of hydrogen-bond donors (Lipinski definition) is 1. The first kappa shape index (κ1) is 21.8. The minimum absolute atomic E-state index is 0.0650. The lowest BCUT2D eigenvalue weighted by atomic mass is 9.78. The first-order valence-electron chi connectivity index (χ1n) is 10.6. The molecule has 2 aromatic rings. The Balaban J connectivity index is 1.60. The largest absolute Gasteiger partial charge is 0.419 e. The van der Waals surface area contributed by atoms with Crippen molar-refractivity contribution in [3.8, 4) is 11.5 Å². The Morgan fingerprint density at radius 3 is 2.83 bits per heavy atom. The summed E-state index contributed by atoms with van der Waals surface area (Å²) in [5.74, 6) is 2.12. The Kier molecular flexibility index (Phi) is 7.67. The fourth-order valence-electron chi connectivity index (χ4n) is 4.02. The molecule has 0 bridgehead atoms. The molecule has 1 aliphatic rings. The summed E-state index contributed by atoms with van der Waals surface area (Å²) < 4.78 is 5.81. The molecule has 1 saturated carbocycles. The number of rotatable bonds is 8. The van der Waals surface area contributed by atoms with Gasteiger partial charge in [0.2, 0.25) is 17.7 Å². The zero-order valence-corrected chi connectivity index (χ0v) is 18.3. The topological polar surface area (TPSA) is 71.3 Å². The van der Waals surface area contributed by atoms with Crippen molar-refractivity contribution in [1.82, 2.24) is 20.4 Å². The van der Waals surface area contributed by atoms with Gasteiger partial charge in [0.1, 0.15) is 0 Å². The van der Waals surface area contributed by atoms with E-state index in [1.807, 2.05) is 18.2 Å². The molecule has 1 N–H and O–H groups in total. The highest BCUT2D eigenvalue weighted by molar-refractivity contribution is 6.33. The molecular formula is C22H31ClN4O2. The maximum atomic E-state index is 12.7. The lowest BCUT2D eigenvalue weighted by Crippen LogP contribution is -2.47. The minimum atomic E-state index is 0.0650. The van der Waals surface area contributed by atoms with E-state index in [-0.39, 0.29) is 11.9 Å². The van der Waals surface area contributed by atoms with Gasteiger partial charge in [-0.2, -0.15) is 0 Å². The predicted octanol–water partition coefficient (Wildman–Crippen LogP) is 4.54. The Morgan fingerprint density at radius 2 is 2.07 bits per heavy atom. The van der Waals surface area contributed by atoms with Gasteiger partial charge in [0, 0.05) is 6.04 Å². The van der Waals surface area contributed by atoms with Crippen LogP contribution < -0.4 is 5.32 Å². The van der Waals surface area contributed by atoms with Gasteiger partial charge in [-0.15, -0.1) is 10.2 Å². The Hall–Kier alpha value is -1.92. The van der Waals surface area contributed by atoms with Gasteiger partial charge in [0.15, 0.2) is 0 Å². The fraction of sp³-hybridized carbons (Fsp3) is 0.591. The number of carbonyl (C=O) groups excluding carboxylic acids is 1. The molecule has 3 atom stereocenters. The number of hydrogen-bond acceptors (Lipinski definition) is 5. The molecule has 6 nitrogen and oxygen atoms in total. The van der Waals surface area contributed by atoms with Crippen LogP contribution in [0.2, 0.25) is 5.02 Å². The molecule has 1 heterocycles. The summed E-state index contributed by atoms with van der Waals surface area (Å²) in [6, 6.07) is 7.65. The van der Waals surface area contributed by atoms with Gasteiger partial charge in [-0.3, -0.25) is 9.69 Å². The first-order valence-corrected chi connectivity index (χ1v) is 10.9. The van der Waals surface area contributed by atoms with Crippen LogP contribution in [-0.4, -0.2) is 40.1 Å². The number of carbonyl (C=O) groups is 1. The van der Waals surface area contributed by atoms with Gasteiger partial charge >= 0.3 is 0 Å². The Labute approximate surface area is 178 Å². The molecule has 1 aromatic carbocycles. The molecule has 1 aromatic heterocycles. The van der Waals surface area contributed by atoms with E-state index in [4.69, 9.17) is 16.0 Å². The summed E-state index contributed by atoms with van der Waals surface area (Å²) in [5, 5.41) is 12.1. The number of aromatic nitrogens is 2. The third kappa shape index (κ3) is 5.80. The molecule has 29 heavy (non-hydrogen) atoms. The zero-order valence-electron chi connectivity index (χ0n) is 17.5. The van der Waals surface area contributed by atoms with Gasteiger partial charge in [0.25, 0.3) is 0 Å². The lowest BCUT2D eigenvalue weighted by molar-refractivity contribution is -0.123. The van der Waals surface area contributed by atoms with Crippen LogP contribution in [0.1, 0.15) is 52.3 Å². The van der Waals surface area contributed by atoms with Crippen molar-refractivity contribution in [2.24, 2.45) is 11.8 Å². The van der Waals surface area contributed by atoms with Crippen molar-refractivity contribution in [2.75, 3.05) is 13.1 Å². The SMILES string of the molecule is CCCN(CC(=O)NC1CCCC(C)C1C)Cc1nnc(-c2ccccc2Cl)o1. The summed E-state index contributed by atoms with van der Waals surface area (Å²) >= 11 is 6.22. The quantitative estimate of drug-likeness (QED) is 0.681. The summed E-state index contributed by atoms with van der Waals surface area (Å²) in [6.07, 6.45) is 4.44. The van der Waals surface area contributed by atoms with Crippen molar-refractivity contribution in [1.29, 1.82) is 0 Å². The van der Waals surface area contributed by atoms with Crippen LogP contribution in [0.15, 0.2) is 28.7 Å². The molecule has 158 valence electrons. The van der Waals surface area contributed by atoms with Crippen molar-refractivity contribution in [2.45, 2.75) is 59.0 Å². The van der Waals surface area contributed by atoms with E-state index in [1.165, 1.54) is 12.8 Å². The molecule has 3 unspecified atom stereocenters. The maximum Gasteiger partial charge on any atom is 0.249 e. The van der Waals surface area contributed by atoms with Crippen LogP contribution in [-0.2, 0) is 11.3 Å². The molecule has 1 amide bonds. The van der Waals surface area contributed by atoms with Gasteiger partial charge < -0.3 is 9.73 Å². The van der Waals surface area contributed by atoms with Crippen molar-refractivity contribution >= 4 is 17.5 Å². The number of nitrogens with one attached hydrogen (secondary N) is 1. The zero-order chi connectivity index (χ0) is 20.8. The average molecular weight is 419 g/mol. The van der Waals surface area contributed by atoms with Crippen molar-refractivity contribution < 1.29 is 9.21 Å². The Bertz CT molecular complexity index is 810. The molecule has 7 heteroatoms. The molecule has 0 spiro atoms. The second-order valence-corrected chi connectivity index (χ2v) is 8.54. The molecule has 0 saturated heterocycles. The van der Waals surface area contributed by atoms with E-state index in [1.54, 1.807) is 6.07 Å². The number of benzene rings is 1. The van der Waals surface area contributed by atoms with Crippen LogP contribution in [0, 0.1) is 11.8 Å². The molecule has 0 aliphatic heterocycles. The second kappa shape index (κ2) is 10.2. The van der Waals surface area contributed by atoms with E-state index < -0.39 is 0 Å². The van der Waals surface area contributed by atoms with E-state index in [0.717, 1.165) is 19.4 Å². The van der Waals surface area contributed by atoms with Gasteiger partial charge in [-0.25, -0.2) is 0 Å². The van der Waals surface area contributed by atoms with Crippen molar-refractivity contribution in [3.05, 3.63) is 35.2 Å². The van der Waals surface area contributed by atoms with Gasteiger partial charge in [-0.05, 0) is 43.4 Å². The van der Waals surface area contributed by atoms with Crippen LogP contribution >= 0.6 is 11.6 Å². The van der Waals surface area contributed by atoms with Crippen LogP contribution in [0.25, 0.3) is 11.5 Å². The van der Waals surface area contributed by atoms with Crippen LogP contribution in [0.4, 0.5) is 0 Å². The fourth-order valence-corrected chi connectivity index (χ4v) is 4.24. The highest BCUT2D eigenvalue weighted by atomic mass is 35.5. The predicted molar refractivity (Wildman–Crippen MR) is 114 cm³/mol. The molecule has 0 radical (unpaired) electrons. The number of halogens is 1. The summed E-state index contributed by atoms with van der Waals surface area (Å²) in [6.45, 7) is 8.17. The van der Waals surface area contributed by atoms with E-state index in [2.05, 4.69) is 41.2 Å². The van der Waals surface area contributed by atoms with Gasteiger partial charge in [0.05, 0.1) is 23.7 Å². The summed E-state index contributed by atoms with van der Waals surface area (Å²) in [5.41, 5.74) is 0.716. The molecule has 1 aliphatic carbocycles. The van der Waals surface area contributed by atoms with Crippen molar-refractivity contribution in [3.63, 3.8) is 0 Å². The maximum absolute atomic E-state index is 12.7. The normalized spacial score (nSPS) is 22.0. The van der Waals surface area contributed by atoms with Crippen LogP contribution in [0.3, 0.4) is 0 Å². The third-order valence-electron chi connectivity index (χ3n) is 5.89. The van der Waals surface area contributed by atoms with E-state index in [9.17, 15) is 4.79 Å². The molecular weight excluding hydrogens is 388 g/mol. The standard InChI is InChI=1S/C22H31ClN4O2/c1-4-12-27(13-20(28)24-19-11-7-8-15(2)16(19)3)14-21-25-26-22(29-21)17-9-5-6-10-18(17)23/h5-6,9-10,15-16,19H,4,7-8,11-14H2,1-3H3,(H,24,28). The number of nitrogens with zero attached hydrogens (tertiary/aromatic N) is 3. The highest BCUT2D eigenvalue weighted by Gasteiger charge is 2.28. The number of amides is 1. The smallest absolute Gasteiger partial charge is 0.249 e. The first-order chi connectivity index (χ1) is 14.0. The summed E-state index contributed by atoms with van der Waals surface area (Å²) in [4.78, 5) is 14.7. The Morgan fingerprint density at radius 1 is 1.28 bits per heavy atom. The lowest BCUT2D eigenvalue weighted by Gasteiger charge is -2.35. The second-order valence-electron chi connectivity index (χ2n) is 8.13. The van der Waals surface area contributed by atoms with E-state index >= 15 is 0 Å². The van der Waals surface area contributed by atoms with Gasteiger partial charge in [-0.1, -0.05) is 57.3 Å². The molecule has 3 rings (SSSR count). The van der Waals surface area contributed by atoms with Crippen LogP contribution in [0.5, 0.6) is 0 Å². The minimum Gasteiger partial charge on any atom is -0.419 e. The average Bonchev–Trinajstić information content (AvgIpc) is 3.14. The molecule has 1 fully saturated rings. The third-order valence-corrected chi connectivity index (χ3v) is 6.22.